The molecule has 8 nitrogen and oxygen atoms in total. The summed E-state index contributed by atoms with van der Waals surface area (Å²) in [6.07, 6.45) is 0. The van der Waals surface area contributed by atoms with E-state index in [1.165, 1.54) is 19.8 Å². The van der Waals surface area contributed by atoms with Crippen molar-refractivity contribution in [2.45, 2.75) is 18.4 Å². The molecule has 3 aromatic rings. The van der Waals surface area contributed by atoms with Crippen LogP contribution >= 0.6 is 0 Å². The molecule has 0 spiro atoms. The highest BCUT2D eigenvalue weighted by Gasteiger charge is 2.31. The molecule has 4 rings (SSSR count). The van der Waals surface area contributed by atoms with Crippen LogP contribution in [0.4, 0.5) is 5.69 Å². The van der Waals surface area contributed by atoms with E-state index in [1.807, 2.05) is 25.1 Å². The molecule has 0 aromatic heterocycles. The number of amides is 1. The fourth-order valence-corrected chi connectivity index (χ4v) is 5.76. The Morgan fingerprint density at radius 3 is 2.14 bits per heavy atom. The first-order chi connectivity index (χ1) is 17.8. The summed E-state index contributed by atoms with van der Waals surface area (Å²) in [5, 5.41) is 0. The van der Waals surface area contributed by atoms with Gasteiger partial charge in [-0.2, -0.15) is 0 Å². The zero-order chi connectivity index (χ0) is 26.4. The van der Waals surface area contributed by atoms with E-state index in [2.05, 4.69) is 17.0 Å². The molecule has 1 amide bonds. The van der Waals surface area contributed by atoms with Crippen molar-refractivity contribution in [3.05, 3.63) is 83.9 Å². The molecule has 0 N–H and O–H groups in total. The van der Waals surface area contributed by atoms with Crippen molar-refractivity contribution in [2.75, 3.05) is 51.2 Å². The number of aryl methyl sites for hydroxylation is 1. The minimum atomic E-state index is -4.02. The van der Waals surface area contributed by atoms with Crippen molar-refractivity contribution in [3.8, 4) is 11.5 Å². The maximum absolute atomic E-state index is 13.7. The van der Waals surface area contributed by atoms with Crippen molar-refractivity contribution in [2.24, 2.45) is 0 Å². The molecular formula is C28H33N3O5S. The first-order valence-corrected chi connectivity index (χ1v) is 13.6. The third-order valence-electron chi connectivity index (χ3n) is 6.52. The second-order valence-electron chi connectivity index (χ2n) is 9.01. The van der Waals surface area contributed by atoms with Gasteiger partial charge in [-0.05, 0) is 36.8 Å². The van der Waals surface area contributed by atoms with E-state index in [4.69, 9.17) is 9.47 Å². The number of methoxy groups -OCH3 is 2. The summed E-state index contributed by atoms with van der Waals surface area (Å²) in [5.74, 6) is 0.607. The predicted molar refractivity (Wildman–Crippen MR) is 144 cm³/mol. The van der Waals surface area contributed by atoms with Crippen molar-refractivity contribution in [1.29, 1.82) is 0 Å². The highest BCUT2D eigenvalue weighted by molar-refractivity contribution is 7.92. The number of ether oxygens (including phenoxy) is 2. The second-order valence-corrected chi connectivity index (χ2v) is 10.9. The van der Waals surface area contributed by atoms with Gasteiger partial charge in [-0.1, -0.05) is 48.0 Å². The van der Waals surface area contributed by atoms with Gasteiger partial charge in [-0.3, -0.25) is 14.0 Å². The molecule has 3 aromatic carbocycles. The molecule has 9 heteroatoms. The highest BCUT2D eigenvalue weighted by Crippen LogP contribution is 2.34. The van der Waals surface area contributed by atoms with Crippen molar-refractivity contribution >= 4 is 21.6 Å². The standard InChI is InChI=1S/C28H33N3O5S/c1-22-9-12-25(13-10-22)37(33,34)31(24-11-14-26(35-2)27(19-24)36-3)21-28(32)30-17-15-29(16-18-30)20-23-7-5-4-6-8-23/h4-14,19H,15-18,20-21H2,1-3H3. The number of hydrogen-bond donors (Lipinski definition) is 0. The van der Waals surface area contributed by atoms with Crippen LogP contribution in [0.1, 0.15) is 11.1 Å². The molecule has 0 aliphatic carbocycles. The van der Waals surface area contributed by atoms with Crippen LogP contribution in [0.5, 0.6) is 11.5 Å². The van der Waals surface area contributed by atoms with Crippen LogP contribution in [0.15, 0.2) is 77.7 Å². The number of rotatable bonds is 9. The number of nitrogens with zero attached hydrogens (tertiary/aromatic N) is 3. The van der Waals surface area contributed by atoms with Crippen LogP contribution in [0.2, 0.25) is 0 Å². The number of sulfonamides is 1. The number of carbonyl (C=O) groups excluding carboxylic acids is 1. The molecule has 1 fully saturated rings. The lowest BCUT2D eigenvalue weighted by Gasteiger charge is -2.36. The van der Waals surface area contributed by atoms with Gasteiger partial charge in [-0.15, -0.1) is 0 Å². The minimum absolute atomic E-state index is 0.119. The number of carbonyl (C=O) groups is 1. The maximum atomic E-state index is 13.7. The fourth-order valence-electron chi connectivity index (χ4n) is 4.35. The number of hydrogen-bond acceptors (Lipinski definition) is 6. The van der Waals surface area contributed by atoms with Crippen LogP contribution in [-0.4, -0.2) is 71.1 Å². The second kappa shape index (κ2) is 11.7. The van der Waals surface area contributed by atoms with Gasteiger partial charge in [-0.25, -0.2) is 8.42 Å². The third-order valence-corrected chi connectivity index (χ3v) is 8.31. The largest absolute Gasteiger partial charge is 0.493 e. The van der Waals surface area contributed by atoms with E-state index in [-0.39, 0.29) is 17.3 Å². The van der Waals surface area contributed by atoms with E-state index >= 15 is 0 Å². The Kier molecular flexibility index (Phi) is 8.35. The quantitative estimate of drug-likeness (QED) is 0.427. The summed E-state index contributed by atoms with van der Waals surface area (Å²) in [4.78, 5) is 17.6. The number of benzene rings is 3. The molecule has 1 aliphatic rings. The van der Waals surface area contributed by atoms with Crippen LogP contribution in [0.3, 0.4) is 0 Å². The lowest BCUT2D eigenvalue weighted by atomic mass is 10.2. The van der Waals surface area contributed by atoms with Gasteiger partial charge in [0.1, 0.15) is 6.54 Å². The van der Waals surface area contributed by atoms with Gasteiger partial charge in [0.15, 0.2) is 11.5 Å². The summed E-state index contributed by atoms with van der Waals surface area (Å²) >= 11 is 0. The average molecular weight is 524 g/mol. The molecule has 1 saturated heterocycles. The van der Waals surface area contributed by atoms with Crippen LogP contribution < -0.4 is 13.8 Å². The van der Waals surface area contributed by atoms with Crippen molar-refractivity contribution in [3.63, 3.8) is 0 Å². The average Bonchev–Trinajstić information content (AvgIpc) is 2.92. The van der Waals surface area contributed by atoms with Crippen LogP contribution in [-0.2, 0) is 21.4 Å². The van der Waals surface area contributed by atoms with E-state index in [9.17, 15) is 13.2 Å². The van der Waals surface area contributed by atoms with Gasteiger partial charge in [0.05, 0.1) is 24.8 Å². The zero-order valence-electron chi connectivity index (χ0n) is 21.5. The van der Waals surface area contributed by atoms with Crippen molar-refractivity contribution < 1.29 is 22.7 Å². The normalized spacial score (nSPS) is 14.3. The monoisotopic (exact) mass is 523 g/mol. The molecule has 1 heterocycles. The Hall–Kier alpha value is -3.56. The lowest BCUT2D eigenvalue weighted by molar-refractivity contribution is -0.131. The summed E-state index contributed by atoms with van der Waals surface area (Å²) in [6, 6.07) is 21.7. The summed E-state index contributed by atoms with van der Waals surface area (Å²) in [5.41, 5.74) is 2.50. The van der Waals surface area contributed by atoms with Crippen LogP contribution in [0.25, 0.3) is 0 Å². The molecule has 0 bridgehead atoms. The topological polar surface area (TPSA) is 79.4 Å². The maximum Gasteiger partial charge on any atom is 0.264 e. The van der Waals surface area contributed by atoms with Gasteiger partial charge >= 0.3 is 0 Å². The Bertz CT molecular complexity index is 1310. The first kappa shape index (κ1) is 26.5. The predicted octanol–water partition coefficient (Wildman–Crippen LogP) is 3.55. The first-order valence-electron chi connectivity index (χ1n) is 12.2. The Morgan fingerprint density at radius 1 is 0.865 bits per heavy atom. The Labute approximate surface area is 219 Å². The van der Waals surface area contributed by atoms with E-state index < -0.39 is 10.0 Å². The van der Waals surface area contributed by atoms with Crippen molar-refractivity contribution in [1.82, 2.24) is 9.80 Å². The van der Waals surface area contributed by atoms with E-state index in [0.717, 1.165) is 29.5 Å². The summed E-state index contributed by atoms with van der Waals surface area (Å²) in [6.45, 7) is 4.92. The van der Waals surface area contributed by atoms with Crippen LogP contribution in [0, 0.1) is 6.92 Å². The Balaban J connectivity index is 1.55. The molecule has 1 aliphatic heterocycles. The zero-order valence-corrected chi connectivity index (χ0v) is 22.3. The van der Waals surface area contributed by atoms with Gasteiger partial charge < -0.3 is 14.4 Å². The van der Waals surface area contributed by atoms with Gasteiger partial charge in [0, 0.05) is 38.8 Å². The highest BCUT2D eigenvalue weighted by atomic mass is 32.2. The minimum Gasteiger partial charge on any atom is -0.493 e. The molecule has 196 valence electrons. The van der Waals surface area contributed by atoms with Gasteiger partial charge in [0.2, 0.25) is 5.91 Å². The molecule has 0 radical (unpaired) electrons. The fraction of sp³-hybridized carbons (Fsp3) is 0.321. The number of anilines is 1. The third kappa shape index (κ3) is 6.23. The molecule has 0 atom stereocenters. The van der Waals surface area contributed by atoms with E-state index in [1.54, 1.807) is 47.4 Å². The Morgan fingerprint density at radius 2 is 1.51 bits per heavy atom. The molecular weight excluding hydrogens is 490 g/mol. The molecule has 0 saturated carbocycles. The summed E-state index contributed by atoms with van der Waals surface area (Å²) in [7, 11) is -1.02. The van der Waals surface area contributed by atoms with E-state index in [0.29, 0.717) is 30.3 Å². The molecule has 37 heavy (non-hydrogen) atoms. The lowest BCUT2D eigenvalue weighted by Crippen LogP contribution is -2.51. The molecule has 0 unspecified atom stereocenters. The SMILES string of the molecule is COc1ccc(N(CC(=O)N2CCN(Cc3ccccc3)CC2)S(=O)(=O)c2ccc(C)cc2)cc1OC. The smallest absolute Gasteiger partial charge is 0.264 e. The summed E-state index contributed by atoms with van der Waals surface area (Å²) < 4.78 is 39.4. The van der Waals surface area contributed by atoms with Gasteiger partial charge in [0.25, 0.3) is 10.0 Å². The number of piperazine rings is 1.